The maximum absolute atomic E-state index is 10.4. The van der Waals surface area contributed by atoms with E-state index < -0.39 is 5.97 Å². The van der Waals surface area contributed by atoms with Crippen molar-refractivity contribution in [3.63, 3.8) is 0 Å². The molecule has 0 bridgehead atoms. The van der Waals surface area contributed by atoms with Crippen LogP contribution in [-0.2, 0) is 4.79 Å². The largest absolute Gasteiger partial charge is 0.477 e. The van der Waals surface area contributed by atoms with Gasteiger partial charge >= 0.3 is 5.97 Å². The maximum atomic E-state index is 10.4. The molecule has 1 aliphatic heterocycles. The van der Waals surface area contributed by atoms with Crippen molar-refractivity contribution in [3.8, 4) is 0 Å². The van der Waals surface area contributed by atoms with Crippen molar-refractivity contribution in [2.75, 3.05) is 0 Å². The zero-order chi connectivity index (χ0) is 8.97. The monoisotopic (exact) mass is 167 g/mol. The summed E-state index contributed by atoms with van der Waals surface area (Å²) in [5.41, 5.74) is -0.259. The van der Waals surface area contributed by atoms with Crippen LogP contribution >= 0.6 is 0 Å². The van der Waals surface area contributed by atoms with Crippen LogP contribution in [0.1, 0.15) is 0 Å². The highest BCUT2D eigenvalue weighted by Gasteiger charge is 2.12. The summed E-state index contributed by atoms with van der Waals surface area (Å²) >= 11 is 0. The molecule has 0 aromatic rings. The van der Waals surface area contributed by atoms with E-state index in [9.17, 15) is 4.79 Å². The Kier molecular flexibility index (Phi) is 2.26. The quantitative estimate of drug-likeness (QED) is 0.395. The summed E-state index contributed by atoms with van der Waals surface area (Å²) in [6.45, 7) is 0. The van der Waals surface area contributed by atoms with Crippen molar-refractivity contribution in [1.82, 2.24) is 5.32 Å². The Morgan fingerprint density at radius 2 is 2.50 bits per heavy atom. The number of hydrogen-bond donors (Lipinski definition) is 3. The number of carboxylic acids is 1. The molecule has 0 aromatic heterocycles. The van der Waals surface area contributed by atoms with Gasteiger partial charge in [-0.1, -0.05) is 0 Å². The third-order valence-corrected chi connectivity index (χ3v) is 1.09. The van der Waals surface area contributed by atoms with Crippen molar-refractivity contribution in [2.45, 2.75) is 0 Å². The van der Waals surface area contributed by atoms with Gasteiger partial charge in [-0.25, -0.2) is 4.79 Å². The van der Waals surface area contributed by atoms with E-state index in [4.69, 9.17) is 10.5 Å². The molecule has 0 saturated heterocycles. The molecule has 0 aliphatic carbocycles. The molecule has 7 heteroatoms. The third kappa shape index (κ3) is 1.51. The molecule has 0 unspecified atom stereocenters. The van der Waals surface area contributed by atoms with E-state index in [1.807, 2.05) is 0 Å². The van der Waals surface area contributed by atoms with Crippen LogP contribution in [0.15, 0.2) is 26.8 Å². The molecule has 12 heavy (non-hydrogen) atoms. The maximum Gasteiger partial charge on any atom is 0.341 e. The first-order valence-electron chi connectivity index (χ1n) is 2.93. The molecule has 0 spiro atoms. The second-order valence-electron chi connectivity index (χ2n) is 1.79. The SMILES string of the molecule is N=C/C(C(=O)O)=C1/N=NN=CN1. The summed E-state index contributed by atoms with van der Waals surface area (Å²) in [5, 5.41) is 27.7. The first-order valence-corrected chi connectivity index (χ1v) is 2.93. The van der Waals surface area contributed by atoms with Gasteiger partial charge in [-0.15, -0.1) is 10.2 Å². The smallest absolute Gasteiger partial charge is 0.341 e. The third-order valence-electron chi connectivity index (χ3n) is 1.09. The minimum absolute atomic E-state index is 0.00694. The first-order chi connectivity index (χ1) is 5.75. The molecular weight excluding hydrogens is 162 g/mol. The van der Waals surface area contributed by atoms with Crippen molar-refractivity contribution in [2.24, 2.45) is 15.4 Å². The number of carboxylic acid groups (broad SMARTS) is 1. The highest BCUT2D eigenvalue weighted by Crippen LogP contribution is 2.03. The fourth-order valence-corrected chi connectivity index (χ4v) is 0.578. The van der Waals surface area contributed by atoms with E-state index in [0.717, 1.165) is 0 Å². The lowest BCUT2D eigenvalue weighted by molar-refractivity contribution is -0.132. The molecule has 1 aliphatic rings. The topological polar surface area (TPSA) is 110 Å². The molecule has 62 valence electrons. The van der Waals surface area contributed by atoms with Gasteiger partial charge < -0.3 is 15.8 Å². The van der Waals surface area contributed by atoms with Crippen molar-refractivity contribution < 1.29 is 9.90 Å². The lowest BCUT2D eigenvalue weighted by Crippen LogP contribution is -2.17. The Hall–Kier alpha value is -2.05. The highest BCUT2D eigenvalue weighted by molar-refractivity contribution is 6.08. The van der Waals surface area contributed by atoms with E-state index in [2.05, 4.69) is 20.8 Å². The van der Waals surface area contributed by atoms with Crippen LogP contribution in [-0.4, -0.2) is 23.6 Å². The fourth-order valence-electron chi connectivity index (χ4n) is 0.578. The number of hydrogen-bond acceptors (Lipinski definition) is 6. The van der Waals surface area contributed by atoms with Crippen LogP contribution in [0.2, 0.25) is 0 Å². The number of carbonyl (C=O) groups is 1. The van der Waals surface area contributed by atoms with Gasteiger partial charge in [0.25, 0.3) is 0 Å². The Morgan fingerprint density at radius 3 is 2.92 bits per heavy atom. The second-order valence-corrected chi connectivity index (χ2v) is 1.79. The molecule has 0 saturated carbocycles. The first kappa shape index (κ1) is 8.05. The summed E-state index contributed by atoms with van der Waals surface area (Å²) in [6.07, 6.45) is 1.87. The van der Waals surface area contributed by atoms with Gasteiger partial charge in [0.2, 0.25) is 0 Å². The zero-order valence-corrected chi connectivity index (χ0v) is 5.85. The van der Waals surface area contributed by atoms with Gasteiger partial charge in [0.05, 0.1) is 0 Å². The van der Waals surface area contributed by atoms with Crippen LogP contribution in [0.25, 0.3) is 0 Å². The van der Waals surface area contributed by atoms with Crippen LogP contribution in [0.4, 0.5) is 0 Å². The van der Waals surface area contributed by atoms with Gasteiger partial charge in [-0.05, 0) is 5.22 Å². The lowest BCUT2D eigenvalue weighted by Gasteiger charge is -2.03. The van der Waals surface area contributed by atoms with E-state index in [1.165, 1.54) is 6.34 Å². The predicted molar refractivity (Wildman–Crippen MR) is 39.9 cm³/mol. The van der Waals surface area contributed by atoms with E-state index in [0.29, 0.717) is 6.21 Å². The van der Waals surface area contributed by atoms with Crippen molar-refractivity contribution in [3.05, 3.63) is 11.4 Å². The molecule has 0 aromatic carbocycles. The number of nitrogens with one attached hydrogen (secondary N) is 2. The van der Waals surface area contributed by atoms with Gasteiger partial charge in [-0.3, -0.25) is 0 Å². The molecule has 3 N–H and O–H groups in total. The average molecular weight is 167 g/mol. The zero-order valence-electron chi connectivity index (χ0n) is 5.85. The summed E-state index contributed by atoms with van der Waals surface area (Å²) < 4.78 is 0. The molecule has 0 amide bonds. The summed E-state index contributed by atoms with van der Waals surface area (Å²) in [5.74, 6) is -1.23. The summed E-state index contributed by atoms with van der Waals surface area (Å²) in [4.78, 5) is 10.4. The molecule has 1 heterocycles. The van der Waals surface area contributed by atoms with Gasteiger partial charge in [-0.2, -0.15) is 0 Å². The average Bonchev–Trinajstić information content (AvgIpc) is 2.07. The predicted octanol–water partition coefficient (Wildman–Crippen LogP) is -0.0691. The number of rotatable bonds is 2. The van der Waals surface area contributed by atoms with Gasteiger partial charge in [0.15, 0.2) is 5.82 Å². The molecular formula is C5H5N5O2. The van der Waals surface area contributed by atoms with Gasteiger partial charge in [0, 0.05) is 6.21 Å². The van der Waals surface area contributed by atoms with E-state index in [1.54, 1.807) is 0 Å². The minimum Gasteiger partial charge on any atom is -0.477 e. The highest BCUT2D eigenvalue weighted by atomic mass is 16.4. The Morgan fingerprint density at radius 1 is 1.75 bits per heavy atom. The van der Waals surface area contributed by atoms with E-state index >= 15 is 0 Å². The van der Waals surface area contributed by atoms with Crippen molar-refractivity contribution in [1.29, 1.82) is 5.41 Å². The molecule has 1 rings (SSSR count). The molecule has 0 atom stereocenters. The Bertz CT molecular complexity index is 303. The molecule has 7 nitrogen and oxygen atoms in total. The molecule has 0 radical (unpaired) electrons. The Labute approximate surface area is 67.0 Å². The summed E-state index contributed by atoms with van der Waals surface area (Å²) in [6, 6.07) is 0. The van der Waals surface area contributed by atoms with Gasteiger partial charge in [0.1, 0.15) is 11.9 Å². The van der Waals surface area contributed by atoms with Crippen LogP contribution < -0.4 is 5.32 Å². The minimum atomic E-state index is -1.23. The van der Waals surface area contributed by atoms with Crippen LogP contribution in [0.3, 0.4) is 0 Å². The summed E-state index contributed by atoms with van der Waals surface area (Å²) in [7, 11) is 0. The fraction of sp³-hybridized carbons (Fsp3) is 0. The number of aliphatic carboxylic acids is 1. The number of nitrogens with zero attached hydrogens (tertiary/aromatic N) is 3. The van der Waals surface area contributed by atoms with E-state index in [-0.39, 0.29) is 11.4 Å². The van der Waals surface area contributed by atoms with Crippen molar-refractivity contribution >= 4 is 18.5 Å². The standard InChI is InChI=1S/C5H5N5O2/c6-1-3(5(11)12)4-7-2-8-10-9-4/h1-2,6H,(H,11,12)(H,7,8,9)/b4-3-,6-1?. The van der Waals surface area contributed by atoms with Crippen LogP contribution in [0.5, 0.6) is 0 Å². The normalized spacial score (nSPS) is 18.3. The Balaban J connectivity index is 3.01. The lowest BCUT2D eigenvalue weighted by atomic mass is 10.3. The molecule has 0 fully saturated rings. The van der Waals surface area contributed by atoms with Crippen LogP contribution in [0, 0.1) is 5.41 Å². The second kappa shape index (κ2) is 3.37.